The van der Waals surface area contributed by atoms with E-state index in [1.54, 1.807) is 12.1 Å². The summed E-state index contributed by atoms with van der Waals surface area (Å²) in [5, 5.41) is 4.00. The molecule has 8 nitrogen and oxygen atoms in total. The minimum absolute atomic E-state index is 0.0997. The van der Waals surface area contributed by atoms with Crippen LogP contribution in [0.5, 0.6) is 0 Å². The minimum Gasteiger partial charge on any atom is -0.366 e. The molecular weight excluding hydrogens is 430 g/mol. The molecule has 2 amide bonds. The lowest BCUT2D eigenvalue weighted by Crippen LogP contribution is -2.48. The molecule has 1 saturated carbocycles. The summed E-state index contributed by atoms with van der Waals surface area (Å²) in [6.45, 7) is 3.60. The summed E-state index contributed by atoms with van der Waals surface area (Å²) in [6.07, 6.45) is 4.66. The van der Waals surface area contributed by atoms with Crippen LogP contribution >= 0.6 is 0 Å². The van der Waals surface area contributed by atoms with E-state index in [-0.39, 0.29) is 11.9 Å². The predicted octanol–water partition coefficient (Wildman–Crippen LogP) is 3.67. The molecule has 1 aromatic heterocycles. The zero-order valence-electron chi connectivity index (χ0n) is 19.3. The molecule has 0 radical (unpaired) electrons. The normalized spacial score (nSPS) is 16.4. The van der Waals surface area contributed by atoms with Crippen LogP contribution in [0.3, 0.4) is 0 Å². The van der Waals surface area contributed by atoms with Crippen LogP contribution in [0, 0.1) is 0 Å². The lowest BCUT2D eigenvalue weighted by atomic mass is 10.00. The van der Waals surface area contributed by atoms with Gasteiger partial charge in [-0.15, -0.1) is 0 Å². The SMILES string of the molecule is CCc1noc(N2CCC(N(C(=O)c3ccc(-c4ccc(C(N)=O)cc4)cc3)C3CC3)CC2)n1. The molecule has 1 saturated heterocycles. The number of amides is 2. The summed E-state index contributed by atoms with van der Waals surface area (Å²) >= 11 is 0. The van der Waals surface area contributed by atoms with E-state index in [4.69, 9.17) is 10.3 Å². The molecule has 8 heteroatoms. The van der Waals surface area contributed by atoms with Gasteiger partial charge in [-0.3, -0.25) is 9.59 Å². The number of aryl methyl sites for hydroxylation is 1. The quantitative estimate of drug-likeness (QED) is 0.578. The second-order valence-electron chi connectivity index (χ2n) is 9.03. The van der Waals surface area contributed by atoms with Gasteiger partial charge < -0.3 is 20.1 Å². The highest BCUT2D eigenvalue weighted by molar-refractivity contribution is 5.95. The second-order valence-corrected chi connectivity index (χ2v) is 9.03. The van der Waals surface area contributed by atoms with Crippen molar-refractivity contribution in [2.75, 3.05) is 18.0 Å². The average Bonchev–Trinajstić information content (AvgIpc) is 3.59. The third kappa shape index (κ3) is 4.53. The summed E-state index contributed by atoms with van der Waals surface area (Å²) in [7, 11) is 0. The largest absolute Gasteiger partial charge is 0.366 e. The molecule has 3 aromatic rings. The van der Waals surface area contributed by atoms with Gasteiger partial charge in [0.1, 0.15) is 0 Å². The van der Waals surface area contributed by atoms with Crippen LogP contribution < -0.4 is 10.6 Å². The van der Waals surface area contributed by atoms with Gasteiger partial charge in [-0.05, 0) is 61.1 Å². The Morgan fingerprint density at radius 3 is 2.00 bits per heavy atom. The van der Waals surface area contributed by atoms with Gasteiger partial charge >= 0.3 is 6.01 Å². The summed E-state index contributed by atoms with van der Waals surface area (Å²) in [5.74, 6) is 0.378. The molecule has 176 valence electrons. The molecule has 0 bridgehead atoms. The number of hydrogen-bond acceptors (Lipinski definition) is 6. The van der Waals surface area contributed by atoms with Gasteiger partial charge in [0.05, 0.1) is 0 Å². The third-order valence-corrected chi connectivity index (χ3v) is 6.71. The lowest BCUT2D eigenvalue weighted by Gasteiger charge is -2.38. The van der Waals surface area contributed by atoms with Gasteiger partial charge in [0.15, 0.2) is 5.82 Å². The first-order valence-corrected chi connectivity index (χ1v) is 11.9. The Bertz CT molecular complexity index is 1160. The maximum atomic E-state index is 13.5. The molecule has 2 heterocycles. The standard InChI is InChI=1S/C26H29N5O3/c1-2-23-28-26(34-29-23)30-15-13-22(14-16-30)31(21-11-12-21)25(33)20-9-5-18(6-10-20)17-3-7-19(8-4-17)24(27)32/h3-10,21-22H,2,11-16H2,1H3,(H2,27,32). The van der Waals surface area contributed by atoms with Crippen LogP contribution in [0.2, 0.25) is 0 Å². The summed E-state index contributed by atoms with van der Waals surface area (Å²) < 4.78 is 5.39. The highest BCUT2D eigenvalue weighted by Gasteiger charge is 2.39. The van der Waals surface area contributed by atoms with E-state index in [1.807, 2.05) is 43.3 Å². The van der Waals surface area contributed by atoms with Crippen LogP contribution in [0.4, 0.5) is 6.01 Å². The van der Waals surface area contributed by atoms with Crippen molar-refractivity contribution >= 4 is 17.8 Å². The number of carbonyl (C=O) groups is 2. The lowest BCUT2D eigenvalue weighted by molar-refractivity contribution is 0.0629. The Hall–Kier alpha value is -3.68. The number of nitrogens with zero attached hydrogens (tertiary/aromatic N) is 4. The van der Waals surface area contributed by atoms with Crippen LogP contribution in [-0.4, -0.2) is 52.0 Å². The number of benzene rings is 2. The average molecular weight is 460 g/mol. The zero-order valence-corrected chi connectivity index (χ0v) is 19.3. The van der Waals surface area contributed by atoms with Crippen LogP contribution in [-0.2, 0) is 6.42 Å². The minimum atomic E-state index is -0.443. The van der Waals surface area contributed by atoms with E-state index in [2.05, 4.69) is 19.9 Å². The topological polar surface area (TPSA) is 106 Å². The number of aromatic nitrogens is 2. The van der Waals surface area contributed by atoms with Gasteiger partial charge in [0, 0.05) is 42.7 Å². The van der Waals surface area contributed by atoms with E-state index >= 15 is 0 Å². The monoisotopic (exact) mass is 459 g/mol. The number of piperidine rings is 1. The number of hydrogen-bond donors (Lipinski definition) is 1. The first-order chi connectivity index (χ1) is 16.5. The number of primary amides is 1. The van der Waals surface area contributed by atoms with Crippen molar-refractivity contribution in [3.8, 4) is 11.1 Å². The van der Waals surface area contributed by atoms with Crippen molar-refractivity contribution in [2.24, 2.45) is 5.73 Å². The van der Waals surface area contributed by atoms with E-state index in [0.717, 1.165) is 62.1 Å². The fourth-order valence-electron chi connectivity index (χ4n) is 4.62. The number of anilines is 1. The molecule has 0 spiro atoms. The Balaban J connectivity index is 1.26. The zero-order chi connectivity index (χ0) is 23.7. The van der Waals surface area contributed by atoms with Gasteiger partial charge in [-0.2, -0.15) is 4.98 Å². The van der Waals surface area contributed by atoms with Crippen LogP contribution in [0.1, 0.15) is 59.1 Å². The Morgan fingerprint density at radius 2 is 1.50 bits per heavy atom. The Kier molecular flexibility index (Phi) is 6.04. The fraction of sp³-hybridized carbons (Fsp3) is 0.385. The van der Waals surface area contributed by atoms with Gasteiger partial charge in [0.2, 0.25) is 5.91 Å². The number of rotatable bonds is 7. The Labute approximate surface area is 198 Å². The third-order valence-electron chi connectivity index (χ3n) is 6.71. The first kappa shape index (κ1) is 22.1. The highest BCUT2D eigenvalue weighted by Crippen LogP contribution is 2.34. The van der Waals surface area contributed by atoms with Crippen LogP contribution in [0.25, 0.3) is 11.1 Å². The maximum absolute atomic E-state index is 13.5. The number of nitrogens with two attached hydrogens (primary N) is 1. The highest BCUT2D eigenvalue weighted by atomic mass is 16.5. The number of carbonyl (C=O) groups excluding carboxylic acids is 2. The Morgan fingerprint density at radius 1 is 0.941 bits per heavy atom. The molecule has 2 aromatic carbocycles. The van der Waals surface area contributed by atoms with Crippen LogP contribution in [0.15, 0.2) is 53.1 Å². The van der Waals surface area contributed by atoms with Gasteiger partial charge in [0.25, 0.3) is 5.91 Å². The summed E-state index contributed by atoms with van der Waals surface area (Å²) in [4.78, 5) is 33.5. The molecule has 0 atom stereocenters. The summed E-state index contributed by atoms with van der Waals surface area (Å²) in [6, 6.07) is 16.0. The molecule has 1 aliphatic heterocycles. The summed E-state index contributed by atoms with van der Waals surface area (Å²) in [5.41, 5.74) is 8.47. The molecular formula is C26H29N5O3. The fourth-order valence-corrected chi connectivity index (χ4v) is 4.62. The van der Waals surface area contributed by atoms with Crippen molar-refractivity contribution in [3.05, 3.63) is 65.5 Å². The molecule has 2 fully saturated rings. The first-order valence-electron chi connectivity index (χ1n) is 11.9. The smallest absolute Gasteiger partial charge is 0.324 e. The van der Waals surface area contributed by atoms with Crippen molar-refractivity contribution in [1.82, 2.24) is 15.0 Å². The van der Waals surface area contributed by atoms with Crippen molar-refractivity contribution < 1.29 is 14.1 Å². The second kappa shape index (κ2) is 9.29. The van der Waals surface area contributed by atoms with Gasteiger partial charge in [-0.25, -0.2) is 0 Å². The maximum Gasteiger partial charge on any atom is 0.324 e. The molecule has 2 N–H and O–H groups in total. The van der Waals surface area contributed by atoms with E-state index in [9.17, 15) is 9.59 Å². The van der Waals surface area contributed by atoms with Gasteiger partial charge in [-0.1, -0.05) is 36.3 Å². The van der Waals surface area contributed by atoms with E-state index < -0.39 is 5.91 Å². The van der Waals surface area contributed by atoms with Crippen molar-refractivity contribution in [2.45, 2.75) is 51.1 Å². The molecule has 5 rings (SSSR count). The predicted molar refractivity (Wildman–Crippen MR) is 128 cm³/mol. The van der Waals surface area contributed by atoms with E-state index in [1.165, 1.54) is 0 Å². The molecule has 1 aliphatic carbocycles. The molecule has 2 aliphatic rings. The molecule has 0 unspecified atom stereocenters. The van der Waals surface area contributed by atoms with Crippen molar-refractivity contribution in [1.29, 1.82) is 0 Å². The van der Waals surface area contributed by atoms with E-state index in [0.29, 0.717) is 23.2 Å². The van der Waals surface area contributed by atoms with Crippen molar-refractivity contribution in [3.63, 3.8) is 0 Å². The molecule has 34 heavy (non-hydrogen) atoms.